The first-order chi connectivity index (χ1) is 16.3. The molecule has 0 unspecified atom stereocenters. The van der Waals surface area contributed by atoms with Gasteiger partial charge in [-0.1, -0.05) is 55.5 Å². The summed E-state index contributed by atoms with van der Waals surface area (Å²) in [7, 11) is 0. The van der Waals surface area contributed by atoms with Crippen molar-refractivity contribution in [1.82, 2.24) is 9.55 Å². The molecule has 3 N–H and O–H groups in total. The van der Waals surface area contributed by atoms with Crippen LogP contribution in [0.4, 0.5) is 20.3 Å². The number of para-hydroxylation sites is 1. The average molecular weight is 470 g/mol. The van der Waals surface area contributed by atoms with E-state index in [1.807, 2.05) is 6.07 Å². The van der Waals surface area contributed by atoms with E-state index in [2.05, 4.69) is 9.72 Å². The molecule has 0 bridgehead atoms. The van der Waals surface area contributed by atoms with Crippen molar-refractivity contribution in [2.45, 2.75) is 26.5 Å². The Hall–Kier alpha value is -4.21. The molecule has 0 aliphatic rings. The van der Waals surface area contributed by atoms with E-state index in [-0.39, 0.29) is 35.9 Å². The first-order valence-electron chi connectivity index (χ1n) is 10.5. The van der Waals surface area contributed by atoms with Gasteiger partial charge in [0.2, 0.25) is 0 Å². The number of carbonyl (C=O) groups excluding carboxylic acids is 1. The number of nitrogens with two attached hydrogens (primary N) is 1. The second-order valence-electron chi connectivity index (χ2n) is 7.30. The summed E-state index contributed by atoms with van der Waals surface area (Å²) >= 11 is 0. The molecule has 1 amide bonds. The van der Waals surface area contributed by atoms with Crippen LogP contribution >= 0.6 is 0 Å². The van der Waals surface area contributed by atoms with Gasteiger partial charge < -0.3 is 15.4 Å². The van der Waals surface area contributed by atoms with Gasteiger partial charge >= 0.3 is 12.3 Å². The maximum atomic E-state index is 13.1. The van der Waals surface area contributed by atoms with Gasteiger partial charge in [-0.05, 0) is 24.1 Å². The topological polar surface area (TPSA) is 110 Å². The number of nitrogens with one attached hydrogen (secondary N) is 1. The lowest BCUT2D eigenvalue weighted by atomic mass is 10.2. The van der Waals surface area contributed by atoms with Gasteiger partial charge in [0.25, 0.3) is 11.5 Å². The predicted molar refractivity (Wildman–Crippen MR) is 126 cm³/mol. The maximum Gasteiger partial charge on any atom is 0.387 e. The van der Waals surface area contributed by atoms with E-state index < -0.39 is 23.8 Å². The van der Waals surface area contributed by atoms with Gasteiger partial charge in [-0.3, -0.25) is 19.1 Å². The van der Waals surface area contributed by atoms with Crippen LogP contribution in [-0.4, -0.2) is 28.6 Å². The molecule has 0 saturated heterocycles. The standard InChI is InChI=1S/C24H24F2N4O4/c1-2-14-29(19(31)13-12-17-10-6-7-11-18(17)34-23(25)26)20-21(27)30(24(33)28-22(20)32)15-16-8-4-3-5-9-16/h3-13,23H,2,14-15,27H2,1H3,(H,28,32,33)/b13-12+. The van der Waals surface area contributed by atoms with E-state index in [1.54, 1.807) is 37.3 Å². The Balaban J connectivity index is 1.98. The Morgan fingerprint density at radius 3 is 2.50 bits per heavy atom. The van der Waals surface area contributed by atoms with Gasteiger partial charge in [0.05, 0.1) is 6.54 Å². The van der Waals surface area contributed by atoms with Gasteiger partial charge in [0, 0.05) is 18.2 Å². The number of aromatic amines is 1. The van der Waals surface area contributed by atoms with Crippen LogP contribution in [0.1, 0.15) is 24.5 Å². The number of alkyl halides is 2. The van der Waals surface area contributed by atoms with Crippen LogP contribution < -0.4 is 26.6 Å². The zero-order chi connectivity index (χ0) is 24.7. The number of rotatable bonds is 9. The van der Waals surface area contributed by atoms with Crippen molar-refractivity contribution in [2.24, 2.45) is 0 Å². The highest BCUT2D eigenvalue weighted by molar-refractivity contribution is 6.05. The van der Waals surface area contributed by atoms with Crippen LogP contribution in [-0.2, 0) is 11.3 Å². The number of benzene rings is 2. The molecule has 0 radical (unpaired) electrons. The Kier molecular flexibility index (Phi) is 7.96. The lowest BCUT2D eigenvalue weighted by Gasteiger charge is -2.23. The van der Waals surface area contributed by atoms with Gasteiger partial charge in [-0.25, -0.2) is 4.79 Å². The zero-order valence-electron chi connectivity index (χ0n) is 18.4. The molecule has 0 atom stereocenters. The minimum atomic E-state index is -3.02. The number of amides is 1. The van der Waals surface area contributed by atoms with E-state index in [1.165, 1.54) is 28.8 Å². The summed E-state index contributed by atoms with van der Waals surface area (Å²) in [5.41, 5.74) is 5.57. The third-order valence-electron chi connectivity index (χ3n) is 4.92. The van der Waals surface area contributed by atoms with Crippen LogP contribution in [0.2, 0.25) is 0 Å². The lowest BCUT2D eigenvalue weighted by molar-refractivity contribution is -0.114. The highest BCUT2D eigenvalue weighted by Crippen LogP contribution is 2.23. The largest absolute Gasteiger partial charge is 0.434 e. The van der Waals surface area contributed by atoms with Gasteiger partial charge in [0.15, 0.2) is 5.69 Å². The van der Waals surface area contributed by atoms with Crippen molar-refractivity contribution in [1.29, 1.82) is 0 Å². The summed E-state index contributed by atoms with van der Waals surface area (Å²) in [6.07, 6.45) is 2.93. The molecular weight excluding hydrogens is 446 g/mol. The molecule has 0 aliphatic carbocycles. The molecule has 10 heteroatoms. The molecule has 8 nitrogen and oxygen atoms in total. The summed E-state index contributed by atoms with van der Waals surface area (Å²) in [5, 5.41) is 0. The molecule has 0 saturated carbocycles. The number of anilines is 2. The number of nitrogens with zero attached hydrogens (tertiary/aromatic N) is 2. The van der Waals surface area contributed by atoms with Gasteiger partial charge in [-0.2, -0.15) is 8.78 Å². The number of ether oxygens (including phenoxy) is 1. The molecule has 3 aromatic rings. The number of aromatic nitrogens is 2. The fourth-order valence-electron chi connectivity index (χ4n) is 3.39. The van der Waals surface area contributed by atoms with Crippen LogP contribution in [0, 0.1) is 0 Å². The Labute approximate surface area is 193 Å². The number of hydrogen-bond donors (Lipinski definition) is 2. The maximum absolute atomic E-state index is 13.1. The second-order valence-corrected chi connectivity index (χ2v) is 7.30. The number of H-pyrrole nitrogens is 1. The normalized spacial score (nSPS) is 11.2. The minimum absolute atomic E-state index is 0.0949. The molecule has 1 heterocycles. The fourth-order valence-corrected chi connectivity index (χ4v) is 3.39. The smallest absolute Gasteiger partial charge is 0.387 e. The molecule has 0 aliphatic heterocycles. The second kappa shape index (κ2) is 11.1. The number of nitrogen functional groups attached to an aromatic ring is 1. The third kappa shape index (κ3) is 5.77. The predicted octanol–water partition coefficient (Wildman–Crippen LogP) is 3.22. The molecule has 2 aromatic carbocycles. The zero-order valence-corrected chi connectivity index (χ0v) is 18.4. The first-order valence-corrected chi connectivity index (χ1v) is 10.5. The summed E-state index contributed by atoms with van der Waals surface area (Å²) < 4.78 is 31.0. The monoisotopic (exact) mass is 470 g/mol. The number of carbonyl (C=O) groups is 1. The molecule has 3 rings (SSSR count). The SMILES string of the molecule is CCCN(C(=O)/C=C/c1ccccc1OC(F)F)c1c(N)n(Cc2ccccc2)c(=O)[nH]c1=O. The lowest BCUT2D eigenvalue weighted by Crippen LogP contribution is -2.41. The molecule has 0 spiro atoms. The summed E-state index contributed by atoms with van der Waals surface area (Å²) in [6.45, 7) is -0.988. The van der Waals surface area contributed by atoms with Gasteiger partial charge in [0.1, 0.15) is 11.6 Å². The van der Waals surface area contributed by atoms with E-state index in [9.17, 15) is 23.2 Å². The van der Waals surface area contributed by atoms with Crippen molar-refractivity contribution in [3.63, 3.8) is 0 Å². The van der Waals surface area contributed by atoms with Crippen LogP contribution in [0.5, 0.6) is 5.75 Å². The van der Waals surface area contributed by atoms with Gasteiger partial charge in [-0.15, -0.1) is 0 Å². The Bertz CT molecular complexity index is 1290. The van der Waals surface area contributed by atoms with Crippen LogP contribution in [0.25, 0.3) is 6.08 Å². The van der Waals surface area contributed by atoms with Crippen LogP contribution in [0.15, 0.2) is 70.3 Å². The summed E-state index contributed by atoms with van der Waals surface area (Å²) in [5.74, 6) is -0.873. The first kappa shape index (κ1) is 24.4. The Morgan fingerprint density at radius 2 is 1.82 bits per heavy atom. The fraction of sp³-hybridized carbons (Fsp3) is 0.208. The van der Waals surface area contributed by atoms with E-state index in [4.69, 9.17) is 5.73 Å². The summed E-state index contributed by atoms with van der Waals surface area (Å²) in [4.78, 5) is 41.5. The summed E-state index contributed by atoms with van der Waals surface area (Å²) in [6, 6.07) is 15.0. The minimum Gasteiger partial charge on any atom is -0.434 e. The Morgan fingerprint density at radius 1 is 1.15 bits per heavy atom. The third-order valence-corrected chi connectivity index (χ3v) is 4.92. The van der Waals surface area contributed by atoms with Crippen molar-refractivity contribution < 1.29 is 18.3 Å². The van der Waals surface area contributed by atoms with Crippen molar-refractivity contribution in [2.75, 3.05) is 17.2 Å². The molecule has 178 valence electrons. The number of hydrogen-bond acceptors (Lipinski definition) is 5. The molecule has 34 heavy (non-hydrogen) atoms. The molecule has 1 aromatic heterocycles. The highest BCUT2D eigenvalue weighted by atomic mass is 19.3. The quantitative estimate of drug-likeness (QED) is 0.467. The van der Waals surface area contributed by atoms with Crippen molar-refractivity contribution >= 4 is 23.5 Å². The highest BCUT2D eigenvalue weighted by Gasteiger charge is 2.22. The van der Waals surface area contributed by atoms with Crippen LogP contribution in [0.3, 0.4) is 0 Å². The average Bonchev–Trinajstić information content (AvgIpc) is 2.80. The molecule has 0 fully saturated rings. The van der Waals surface area contributed by atoms with E-state index in [0.717, 1.165) is 16.5 Å². The van der Waals surface area contributed by atoms with Crippen molar-refractivity contribution in [3.05, 3.63) is 92.6 Å². The van der Waals surface area contributed by atoms with E-state index in [0.29, 0.717) is 6.42 Å². The number of halogens is 2. The molecular formula is C24H24F2N4O4. The van der Waals surface area contributed by atoms with E-state index >= 15 is 0 Å². The van der Waals surface area contributed by atoms with Crippen molar-refractivity contribution in [3.8, 4) is 5.75 Å².